The molecule has 8 fully saturated rings. The maximum atomic E-state index is 9.21. The molecule has 98 heavy (non-hydrogen) atoms. The first-order valence-electron chi connectivity index (χ1n) is 35.2. The Labute approximate surface area is 580 Å². The number of aliphatic hydroxyl groups excluding tert-OH is 7. The van der Waals surface area contributed by atoms with Crippen molar-refractivity contribution >= 4 is 0 Å². The summed E-state index contributed by atoms with van der Waals surface area (Å²) in [6.07, 6.45) is 8.74. The predicted octanol–water partition coefficient (Wildman–Crippen LogP) is 9.46. The molecule has 0 spiro atoms. The Morgan fingerprint density at radius 1 is 0.357 bits per heavy atom. The molecule has 7 N–H and O–H groups in total. The highest BCUT2D eigenvalue weighted by molar-refractivity contribution is 5.17. The number of hydrogen-bond donors (Lipinski definition) is 7. The van der Waals surface area contributed by atoms with E-state index in [1.165, 1.54) is 25.7 Å². The summed E-state index contributed by atoms with van der Waals surface area (Å²) >= 11 is 0. The summed E-state index contributed by atoms with van der Waals surface area (Å²) in [4.78, 5) is 0. The van der Waals surface area contributed by atoms with Crippen LogP contribution in [0.4, 0.5) is 0 Å². The summed E-state index contributed by atoms with van der Waals surface area (Å²) in [6, 6.07) is 26.9. The molecule has 560 valence electrons. The van der Waals surface area contributed by atoms with E-state index in [1.54, 1.807) is 36.8 Å². The van der Waals surface area contributed by atoms with Gasteiger partial charge in [0.15, 0.2) is 49.3 Å². The highest BCUT2D eigenvalue weighted by Gasteiger charge is 2.33. The van der Waals surface area contributed by atoms with Gasteiger partial charge in [-0.1, -0.05) is 149 Å². The third-order valence-electron chi connectivity index (χ3n) is 16.1. The minimum Gasteiger partial charge on any atom is -0.464 e. The van der Waals surface area contributed by atoms with Gasteiger partial charge in [0.05, 0.1) is 118 Å². The average Bonchev–Trinajstić information content (AvgIpc) is 1.85. The molecule has 0 radical (unpaired) electrons. The Kier molecular flexibility index (Phi) is 42.9. The van der Waals surface area contributed by atoms with Crippen molar-refractivity contribution in [1.82, 2.24) is 0 Å². The first-order chi connectivity index (χ1) is 47.5. The normalized spacial score (nSPS) is 30.3. The Bertz CT molecular complexity index is 2360. The van der Waals surface area contributed by atoms with Gasteiger partial charge in [0.1, 0.15) is 42.7 Å². The van der Waals surface area contributed by atoms with Gasteiger partial charge in [-0.15, -0.1) is 0 Å². The van der Waals surface area contributed by atoms with E-state index < -0.39 is 30.9 Å². The van der Waals surface area contributed by atoms with Gasteiger partial charge in [-0.2, -0.15) is 0 Å². The van der Waals surface area contributed by atoms with E-state index in [-0.39, 0.29) is 88.6 Å². The summed E-state index contributed by atoms with van der Waals surface area (Å²) in [5.74, 6) is 3.52. The van der Waals surface area contributed by atoms with Crippen molar-refractivity contribution in [1.29, 1.82) is 0 Å². The molecule has 25 heteroatoms. The third kappa shape index (κ3) is 32.2. The highest BCUT2D eigenvalue weighted by Crippen LogP contribution is 2.30. The van der Waals surface area contributed by atoms with Gasteiger partial charge in [0, 0.05) is 40.7 Å². The van der Waals surface area contributed by atoms with E-state index in [0.29, 0.717) is 107 Å². The Hall–Kier alpha value is -3.92. The maximum Gasteiger partial charge on any atom is 0.217 e. The summed E-state index contributed by atoms with van der Waals surface area (Å²) in [6.45, 7) is 24.9. The summed E-state index contributed by atoms with van der Waals surface area (Å²) in [7, 11) is 0. The molecule has 0 saturated carbocycles. The lowest BCUT2D eigenvalue weighted by Crippen LogP contribution is -2.39. The zero-order valence-electron chi connectivity index (χ0n) is 59.2. The molecule has 4 aromatic rings. The summed E-state index contributed by atoms with van der Waals surface area (Å²) in [5.41, 5.74) is 2.10. The van der Waals surface area contributed by atoms with E-state index in [1.807, 2.05) is 88.4 Å². The lowest BCUT2D eigenvalue weighted by atomic mass is 9.98. The first-order valence-corrected chi connectivity index (χ1v) is 35.2. The minimum atomic E-state index is -0.517. The minimum absolute atomic E-state index is 0.0167. The van der Waals surface area contributed by atoms with Crippen LogP contribution in [0.15, 0.2) is 106 Å². The third-order valence-corrected chi connectivity index (χ3v) is 16.1. The zero-order valence-corrected chi connectivity index (χ0v) is 59.2. The van der Waals surface area contributed by atoms with Crippen molar-refractivity contribution in [2.45, 2.75) is 207 Å². The van der Waals surface area contributed by atoms with Crippen LogP contribution < -0.4 is 0 Å². The van der Waals surface area contributed by atoms with Gasteiger partial charge in [0.25, 0.3) is 0 Å². The lowest BCUT2D eigenvalue weighted by Gasteiger charge is -2.32. The van der Waals surface area contributed by atoms with Crippen molar-refractivity contribution in [3.8, 4) is 0 Å². The molecular weight excluding hydrogens is 1280 g/mol. The molecule has 25 nitrogen and oxygen atoms in total. The van der Waals surface area contributed by atoms with Crippen molar-refractivity contribution in [2.75, 3.05) is 106 Å². The van der Waals surface area contributed by atoms with E-state index in [0.717, 1.165) is 50.0 Å². The fraction of sp³-hybridized carbons (Fsp3) is 0.726. The molecule has 8 aliphatic rings. The molecule has 2 aromatic heterocycles. The number of ether oxygens (including phenoxy) is 16. The van der Waals surface area contributed by atoms with Crippen molar-refractivity contribution in [3.05, 3.63) is 120 Å². The molecule has 10 unspecified atom stereocenters. The van der Waals surface area contributed by atoms with Crippen LogP contribution in [-0.4, -0.2) is 209 Å². The number of furan rings is 2. The molecule has 10 heterocycles. The molecular formula is C73H118O25. The van der Waals surface area contributed by atoms with Crippen molar-refractivity contribution in [2.24, 2.45) is 29.6 Å². The second kappa shape index (κ2) is 49.6. The quantitative estimate of drug-likeness (QED) is 0.0433. The second-order valence-corrected chi connectivity index (χ2v) is 25.6. The zero-order chi connectivity index (χ0) is 70.9. The topological polar surface area (TPSA) is 316 Å². The van der Waals surface area contributed by atoms with Crippen LogP contribution in [0, 0.1) is 29.6 Å². The first kappa shape index (κ1) is 84.7. The largest absolute Gasteiger partial charge is 0.464 e. The SMILES string of the molecule is CC(C)C1OCC(CO)O1.CC(C)C1OCC(O)CO1.CC1COC(c2ccccc2)OC1.CCCCC(CC)C1OCC(CO)O1.CCCCC(CC)C1OCC(O)CO1.OC1COC(c2ccco2)OC1.OCC1COC(c2ccccc2)O1.OCC1COC(c2ccco2)O1. The fourth-order valence-corrected chi connectivity index (χ4v) is 10.3. The maximum absolute atomic E-state index is 9.21. The van der Waals surface area contributed by atoms with E-state index in [9.17, 15) is 5.11 Å². The number of rotatable bonds is 20. The standard InChI is InChI=1S/2C11H22O3.C11H14O2.C10H12O3.2C8H10O4.2C7H14O3/c1-3-5-6-9(4-2)11-13-7-10(12)8-14-11;1-3-5-6-9(4-2)11-13-8-10(7-12)14-11;1-9-7-12-11(13-8-9)10-5-3-2-4-6-10;11-6-9-7-12-10(13-9)8-4-2-1-3-5-8;9-6-4-11-8(12-5-6)7-2-1-3-10-7;9-4-6-5-11-8(12-6)7-2-1-3-10-7;1-5(2)7-9-3-6(8)4-10-7;1-5(2)7-9-4-6(3-8)10-7/h2*9-12H,3-8H2,1-2H3;2-6,9,11H,7-8H2,1H3;1-5,9-11H,6-7H2;2*1-3,6,8-9H,4-5H2;2*5-8H,3-4H2,1-2H3. The van der Waals surface area contributed by atoms with Gasteiger partial charge in [-0.3, -0.25) is 0 Å². The molecule has 0 amide bonds. The van der Waals surface area contributed by atoms with Crippen LogP contribution in [0.25, 0.3) is 0 Å². The number of aliphatic hydroxyl groups is 7. The number of unbranched alkanes of at least 4 members (excludes halogenated alkanes) is 2. The molecule has 0 aliphatic carbocycles. The van der Waals surface area contributed by atoms with E-state index in [2.05, 4.69) is 34.6 Å². The van der Waals surface area contributed by atoms with Crippen LogP contribution in [0.1, 0.15) is 161 Å². The van der Waals surface area contributed by atoms with Crippen LogP contribution in [0.3, 0.4) is 0 Å². The van der Waals surface area contributed by atoms with Crippen molar-refractivity contribution < 1.29 is 120 Å². The molecule has 0 bridgehead atoms. The summed E-state index contributed by atoms with van der Waals surface area (Å²) in [5, 5.41) is 62.4. The highest BCUT2D eigenvalue weighted by atomic mass is 16.8. The van der Waals surface area contributed by atoms with E-state index in [4.69, 9.17) is 115 Å². The van der Waals surface area contributed by atoms with Crippen LogP contribution in [0.2, 0.25) is 0 Å². The monoisotopic (exact) mass is 1390 g/mol. The Morgan fingerprint density at radius 3 is 1.10 bits per heavy atom. The Balaban J connectivity index is 0.000000203. The van der Waals surface area contributed by atoms with Gasteiger partial charge >= 0.3 is 0 Å². The summed E-state index contributed by atoms with van der Waals surface area (Å²) < 4.78 is 95.8. The second-order valence-electron chi connectivity index (χ2n) is 25.6. The lowest BCUT2D eigenvalue weighted by molar-refractivity contribution is -0.238. The van der Waals surface area contributed by atoms with Gasteiger partial charge in [-0.05, 0) is 49.9 Å². The Morgan fingerprint density at radius 2 is 0.704 bits per heavy atom. The molecule has 8 aliphatic heterocycles. The van der Waals surface area contributed by atoms with Gasteiger partial charge in [0.2, 0.25) is 12.6 Å². The van der Waals surface area contributed by atoms with Crippen LogP contribution in [-0.2, 0) is 75.8 Å². The predicted molar refractivity (Wildman–Crippen MR) is 359 cm³/mol. The van der Waals surface area contributed by atoms with Crippen molar-refractivity contribution in [3.63, 3.8) is 0 Å². The van der Waals surface area contributed by atoms with E-state index >= 15 is 0 Å². The number of hydrogen-bond acceptors (Lipinski definition) is 25. The number of benzene rings is 2. The molecule has 12 rings (SSSR count). The molecule has 2 aromatic carbocycles. The van der Waals surface area contributed by atoms with Gasteiger partial charge in [-0.25, -0.2) is 0 Å². The van der Waals surface area contributed by atoms with Gasteiger partial charge < -0.3 is 120 Å². The molecule has 8 saturated heterocycles. The van der Waals surface area contributed by atoms with Crippen LogP contribution in [0.5, 0.6) is 0 Å². The fourth-order valence-electron chi connectivity index (χ4n) is 10.3. The molecule has 10 atom stereocenters. The average molecular weight is 1400 g/mol. The smallest absolute Gasteiger partial charge is 0.217 e. The van der Waals surface area contributed by atoms with Crippen LogP contribution >= 0.6 is 0 Å².